The van der Waals surface area contributed by atoms with Crippen LogP contribution in [0.2, 0.25) is 0 Å². The fraction of sp³-hybridized carbons (Fsp3) is 0.182. The van der Waals surface area contributed by atoms with Crippen molar-refractivity contribution < 1.29 is 18.7 Å². The summed E-state index contributed by atoms with van der Waals surface area (Å²) in [7, 11) is 0. The maximum Gasteiger partial charge on any atom is 0.322 e. The van der Waals surface area contributed by atoms with Crippen LogP contribution >= 0.6 is 0 Å². The zero-order valence-electron chi connectivity index (χ0n) is 16.6. The van der Waals surface area contributed by atoms with Gasteiger partial charge in [-0.05, 0) is 56.3 Å². The lowest BCUT2D eigenvalue weighted by atomic mass is 10.2. The van der Waals surface area contributed by atoms with E-state index >= 15 is 0 Å². The topological polar surface area (TPSA) is 93.2 Å². The van der Waals surface area contributed by atoms with Crippen LogP contribution in [-0.2, 0) is 9.59 Å². The molecule has 0 spiro atoms. The van der Waals surface area contributed by atoms with Crippen molar-refractivity contribution in [1.82, 2.24) is 9.97 Å². The molecule has 0 saturated carbocycles. The van der Waals surface area contributed by atoms with Gasteiger partial charge in [-0.1, -0.05) is 6.07 Å². The maximum absolute atomic E-state index is 12.9. The van der Waals surface area contributed by atoms with Crippen molar-refractivity contribution >= 4 is 23.2 Å². The molecular weight excluding hydrogens is 387 g/mol. The Bertz CT molecular complexity index is 1030. The molecule has 8 heteroatoms. The Labute approximate surface area is 173 Å². The zero-order valence-corrected chi connectivity index (χ0v) is 16.6. The van der Waals surface area contributed by atoms with Crippen LogP contribution in [0.25, 0.3) is 0 Å². The van der Waals surface area contributed by atoms with Crippen molar-refractivity contribution in [3.8, 4) is 11.8 Å². The molecule has 0 aliphatic carbocycles. The zero-order chi connectivity index (χ0) is 21.5. The van der Waals surface area contributed by atoms with Gasteiger partial charge in [0.25, 0.3) is 0 Å². The third-order valence-corrected chi connectivity index (χ3v) is 4.00. The molecule has 0 atom stereocenters. The molecule has 2 N–H and O–H groups in total. The SMILES string of the molecule is Cc1cc(C)nc(Oc2cccc(NC(=O)CCC(=O)Nc3ccc(F)cc3)c2)n1. The first kappa shape index (κ1) is 20.9. The van der Waals surface area contributed by atoms with Gasteiger partial charge in [-0.2, -0.15) is 0 Å². The second-order valence-corrected chi connectivity index (χ2v) is 6.67. The largest absolute Gasteiger partial charge is 0.424 e. The highest BCUT2D eigenvalue weighted by Gasteiger charge is 2.09. The number of benzene rings is 2. The summed E-state index contributed by atoms with van der Waals surface area (Å²) in [6.07, 6.45) is -0.00585. The standard InChI is InChI=1S/C22H21FN4O3/c1-14-12-15(2)25-22(24-14)30-19-5-3-4-18(13-19)27-21(29)11-10-20(28)26-17-8-6-16(23)7-9-17/h3-9,12-13H,10-11H2,1-2H3,(H,26,28)(H,27,29). The van der Waals surface area contributed by atoms with Crippen molar-refractivity contribution in [2.24, 2.45) is 0 Å². The first-order valence-electron chi connectivity index (χ1n) is 9.33. The summed E-state index contributed by atoms with van der Waals surface area (Å²) in [4.78, 5) is 32.6. The number of nitrogens with zero attached hydrogens (tertiary/aromatic N) is 2. The molecule has 0 radical (unpaired) electrons. The molecule has 0 saturated heterocycles. The Morgan fingerprint density at radius 1 is 0.867 bits per heavy atom. The number of halogens is 1. The van der Waals surface area contributed by atoms with Gasteiger partial charge in [0, 0.05) is 41.7 Å². The summed E-state index contributed by atoms with van der Waals surface area (Å²) in [5.74, 6) is -0.556. The first-order chi connectivity index (χ1) is 14.4. The molecule has 0 fully saturated rings. The maximum atomic E-state index is 12.9. The molecule has 0 aliphatic heterocycles. The van der Waals surface area contributed by atoms with Gasteiger partial charge in [-0.15, -0.1) is 0 Å². The van der Waals surface area contributed by atoms with Gasteiger partial charge in [0.05, 0.1) is 0 Å². The van der Waals surface area contributed by atoms with Gasteiger partial charge in [0.1, 0.15) is 11.6 Å². The summed E-state index contributed by atoms with van der Waals surface area (Å²) in [6.45, 7) is 3.70. The number of anilines is 2. The average Bonchev–Trinajstić information content (AvgIpc) is 2.68. The highest BCUT2D eigenvalue weighted by atomic mass is 19.1. The van der Waals surface area contributed by atoms with Crippen LogP contribution < -0.4 is 15.4 Å². The van der Waals surface area contributed by atoms with E-state index in [4.69, 9.17) is 4.74 Å². The van der Waals surface area contributed by atoms with Crippen molar-refractivity contribution in [3.63, 3.8) is 0 Å². The number of ether oxygens (including phenoxy) is 1. The molecule has 7 nitrogen and oxygen atoms in total. The van der Waals surface area contributed by atoms with Gasteiger partial charge < -0.3 is 15.4 Å². The number of hydrogen-bond acceptors (Lipinski definition) is 5. The Morgan fingerprint density at radius 2 is 1.47 bits per heavy atom. The Hall–Kier alpha value is -3.81. The summed E-state index contributed by atoms with van der Waals surface area (Å²) in [6, 6.07) is 14.3. The molecule has 2 amide bonds. The van der Waals surface area contributed by atoms with Crippen LogP contribution in [-0.4, -0.2) is 21.8 Å². The number of nitrogens with one attached hydrogen (secondary N) is 2. The smallest absolute Gasteiger partial charge is 0.322 e. The summed E-state index contributed by atoms with van der Waals surface area (Å²) in [5.41, 5.74) is 2.59. The fourth-order valence-corrected chi connectivity index (χ4v) is 2.69. The molecule has 0 unspecified atom stereocenters. The number of hydrogen-bond donors (Lipinski definition) is 2. The van der Waals surface area contributed by atoms with Gasteiger partial charge in [-0.25, -0.2) is 14.4 Å². The highest BCUT2D eigenvalue weighted by Crippen LogP contribution is 2.22. The Balaban J connectivity index is 1.52. The van der Waals surface area contributed by atoms with E-state index in [2.05, 4.69) is 20.6 Å². The third-order valence-electron chi connectivity index (χ3n) is 4.00. The van der Waals surface area contributed by atoms with Crippen molar-refractivity contribution in [2.75, 3.05) is 10.6 Å². The molecular formula is C22H21FN4O3. The van der Waals surface area contributed by atoms with Crippen LogP contribution in [0.1, 0.15) is 24.2 Å². The Morgan fingerprint density at radius 3 is 2.10 bits per heavy atom. The van der Waals surface area contributed by atoms with E-state index in [1.54, 1.807) is 24.3 Å². The van der Waals surface area contributed by atoms with Crippen LogP contribution in [0.4, 0.5) is 15.8 Å². The van der Waals surface area contributed by atoms with Crippen molar-refractivity contribution in [1.29, 1.82) is 0 Å². The van der Waals surface area contributed by atoms with E-state index in [-0.39, 0.29) is 36.5 Å². The summed E-state index contributed by atoms with van der Waals surface area (Å²) in [5, 5.41) is 5.34. The van der Waals surface area contributed by atoms with E-state index in [1.165, 1.54) is 24.3 Å². The number of carbonyl (C=O) groups is 2. The second kappa shape index (κ2) is 9.60. The minimum Gasteiger partial charge on any atom is -0.424 e. The van der Waals surface area contributed by atoms with E-state index in [0.717, 1.165) is 11.4 Å². The summed E-state index contributed by atoms with van der Waals surface area (Å²) >= 11 is 0. The molecule has 3 aromatic rings. The van der Waals surface area contributed by atoms with Crippen LogP contribution in [0.3, 0.4) is 0 Å². The monoisotopic (exact) mass is 408 g/mol. The fourth-order valence-electron chi connectivity index (χ4n) is 2.69. The van der Waals surface area contributed by atoms with Crippen LogP contribution in [0, 0.1) is 19.7 Å². The van der Waals surface area contributed by atoms with Gasteiger partial charge >= 0.3 is 6.01 Å². The van der Waals surface area contributed by atoms with E-state index < -0.39 is 0 Å². The molecule has 0 aliphatic rings. The normalized spacial score (nSPS) is 10.4. The quantitative estimate of drug-likeness (QED) is 0.605. The van der Waals surface area contributed by atoms with Crippen molar-refractivity contribution in [2.45, 2.75) is 26.7 Å². The molecule has 3 rings (SSSR count). The van der Waals surface area contributed by atoms with Gasteiger partial charge in [0.15, 0.2) is 0 Å². The van der Waals surface area contributed by atoms with Crippen LogP contribution in [0.5, 0.6) is 11.8 Å². The number of amides is 2. The lowest BCUT2D eigenvalue weighted by Gasteiger charge is -2.09. The minimum atomic E-state index is -0.386. The first-order valence-corrected chi connectivity index (χ1v) is 9.33. The average molecular weight is 408 g/mol. The third kappa shape index (κ3) is 6.37. The lowest BCUT2D eigenvalue weighted by molar-refractivity contribution is -0.121. The predicted octanol–water partition coefficient (Wildman–Crippen LogP) is 4.38. The van der Waals surface area contributed by atoms with E-state index in [1.807, 2.05) is 19.9 Å². The van der Waals surface area contributed by atoms with Crippen LogP contribution in [0.15, 0.2) is 54.6 Å². The highest BCUT2D eigenvalue weighted by molar-refractivity contribution is 5.96. The second-order valence-electron chi connectivity index (χ2n) is 6.67. The molecule has 1 heterocycles. The number of carbonyl (C=O) groups excluding carboxylic acids is 2. The molecule has 30 heavy (non-hydrogen) atoms. The molecule has 154 valence electrons. The number of aryl methyl sites for hydroxylation is 2. The van der Waals surface area contributed by atoms with Gasteiger partial charge in [-0.3, -0.25) is 9.59 Å². The molecule has 2 aromatic carbocycles. The lowest BCUT2D eigenvalue weighted by Crippen LogP contribution is -2.17. The molecule has 1 aromatic heterocycles. The van der Waals surface area contributed by atoms with E-state index in [0.29, 0.717) is 17.1 Å². The number of rotatable bonds is 7. The minimum absolute atomic E-state index is 0.00169. The van der Waals surface area contributed by atoms with Gasteiger partial charge in [0.2, 0.25) is 11.8 Å². The number of aromatic nitrogens is 2. The summed E-state index contributed by atoms with van der Waals surface area (Å²) < 4.78 is 18.6. The molecule has 0 bridgehead atoms. The predicted molar refractivity (Wildman–Crippen MR) is 111 cm³/mol. The van der Waals surface area contributed by atoms with E-state index in [9.17, 15) is 14.0 Å². The Kier molecular flexibility index (Phi) is 6.69. The van der Waals surface area contributed by atoms with Crippen molar-refractivity contribution in [3.05, 3.63) is 71.8 Å².